The summed E-state index contributed by atoms with van der Waals surface area (Å²) in [6, 6.07) is 8.14. The number of ether oxygens (including phenoxy) is 1. The average Bonchev–Trinajstić information content (AvgIpc) is 3.35. The summed E-state index contributed by atoms with van der Waals surface area (Å²) in [5, 5.41) is 25.2. The third-order valence-electron chi connectivity index (χ3n) is 5.27. The molecule has 0 spiro atoms. The summed E-state index contributed by atoms with van der Waals surface area (Å²) < 4.78 is 10.9. The van der Waals surface area contributed by atoms with Crippen LogP contribution >= 0.6 is 0 Å². The van der Waals surface area contributed by atoms with E-state index in [1.54, 1.807) is 6.20 Å². The van der Waals surface area contributed by atoms with Crippen molar-refractivity contribution in [2.24, 2.45) is 10.9 Å². The van der Waals surface area contributed by atoms with Crippen molar-refractivity contribution in [1.82, 2.24) is 25.4 Å². The van der Waals surface area contributed by atoms with E-state index >= 15 is 0 Å². The maximum absolute atomic E-state index is 10.1. The van der Waals surface area contributed by atoms with Gasteiger partial charge in [-0.1, -0.05) is 12.1 Å². The molecular weight excluding hydrogens is 346 g/mol. The lowest BCUT2D eigenvalue weighted by Crippen LogP contribution is -2.47. The molecule has 1 fully saturated rings. The van der Waals surface area contributed by atoms with Crippen molar-refractivity contribution < 1.29 is 9.37 Å². The van der Waals surface area contributed by atoms with Gasteiger partial charge in [0, 0.05) is 24.6 Å². The molecule has 9 nitrogen and oxygen atoms in total. The number of nitrogens with one attached hydrogen (secondary N) is 1. The van der Waals surface area contributed by atoms with Gasteiger partial charge in [0.2, 0.25) is 0 Å². The van der Waals surface area contributed by atoms with Crippen molar-refractivity contribution >= 4 is 22.6 Å². The van der Waals surface area contributed by atoms with Crippen LogP contribution in [0.3, 0.4) is 0 Å². The maximum Gasteiger partial charge on any atom is 0.151 e. The molecule has 9 heteroatoms. The number of nitriles is 1. The van der Waals surface area contributed by atoms with Crippen LogP contribution in [0.2, 0.25) is 0 Å². The van der Waals surface area contributed by atoms with Gasteiger partial charge in [0.15, 0.2) is 5.82 Å². The number of morpholine rings is 1. The molecule has 1 saturated heterocycles. The first-order valence-electron chi connectivity index (χ1n) is 8.79. The van der Waals surface area contributed by atoms with E-state index in [1.165, 1.54) is 0 Å². The summed E-state index contributed by atoms with van der Waals surface area (Å²) >= 11 is 0. The predicted octanol–water partition coefficient (Wildman–Crippen LogP) is 1.63. The van der Waals surface area contributed by atoms with Gasteiger partial charge in [0.25, 0.3) is 0 Å². The molecule has 0 saturated carbocycles. The maximum atomic E-state index is 10.1. The largest absolute Gasteiger partial charge is 0.370 e. The van der Waals surface area contributed by atoms with E-state index in [4.69, 9.17) is 14.4 Å². The molecule has 0 aliphatic carbocycles. The molecule has 136 valence electrons. The Kier molecular flexibility index (Phi) is 3.74. The van der Waals surface area contributed by atoms with Crippen molar-refractivity contribution in [3.05, 3.63) is 35.5 Å². The Hall–Kier alpha value is -3.09. The molecule has 0 amide bonds. The number of likely N-dealkylation sites (N-methyl/N-ethyl adjacent to an activating group) is 1. The number of H-pyrrole nitrogens is 1. The lowest BCUT2D eigenvalue weighted by Gasteiger charge is -2.35. The van der Waals surface area contributed by atoms with Crippen LogP contribution in [0.4, 0.5) is 5.82 Å². The van der Waals surface area contributed by atoms with Crippen LogP contribution < -0.4 is 0 Å². The standard InChI is InChI=1S/C18H17N7O2/c1-25-5-6-26-14(9-25)17-11(7-19)15(12-8-20-22-18(12)21-17)10-3-2-4-13-16(10)24-27-23-13/h2-4,8,11,14-15H,5-6,9H2,1H3,(H,20,22). The van der Waals surface area contributed by atoms with Gasteiger partial charge in [-0.2, -0.15) is 10.4 Å². The zero-order chi connectivity index (χ0) is 18.4. The molecular formula is C18H17N7O2. The summed E-state index contributed by atoms with van der Waals surface area (Å²) in [4.78, 5) is 6.91. The number of rotatable bonds is 2. The average molecular weight is 363 g/mol. The summed E-state index contributed by atoms with van der Waals surface area (Å²) in [6.45, 7) is 2.17. The Bertz CT molecular complexity index is 1060. The number of hydrogen-bond donors (Lipinski definition) is 1. The molecule has 0 bridgehead atoms. The van der Waals surface area contributed by atoms with E-state index in [9.17, 15) is 5.26 Å². The summed E-state index contributed by atoms with van der Waals surface area (Å²) in [5.74, 6) is -0.108. The van der Waals surface area contributed by atoms with Crippen molar-refractivity contribution in [2.45, 2.75) is 12.0 Å². The molecule has 1 N–H and O–H groups in total. The number of fused-ring (bicyclic) bond motifs is 2. The van der Waals surface area contributed by atoms with Gasteiger partial charge in [-0.25, -0.2) is 9.62 Å². The zero-order valence-electron chi connectivity index (χ0n) is 14.7. The zero-order valence-corrected chi connectivity index (χ0v) is 14.7. The highest BCUT2D eigenvalue weighted by atomic mass is 16.6. The van der Waals surface area contributed by atoms with Gasteiger partial charge in [0.05, 0.1) is 30.5 Å². The Morgan fingerprint density at radius 2 is 2.22 bits per heavy atom. The van der Waals surface area contributed by atoms with Crippen molar-refractivity contribution in [2.75, 3.05) is 26.7 Å². The van der Waals surface area contributed by atoms with Gasteiger partial charge in [0.1, 0.15) is 17.1 Å². The van der Waals surface area contributed by atoms with Gasteiger partial charge in [-0.3, -0.25) is 5.10 Å². The number of benzene rings is 1. The fraction of sp³-hybridized carbons (Fsp3) is 0.389. The van der Waals surface area contributed by atoms with Crippen LogP contribution in [0.5, 0.6) is 0 Å². The number of aromatic nitrogens is 4. The van der Waals surface area contributed by atoms with Crippen LogP contribution in [0.15, 0.2) is 34.0 Å². The molecule has 2 aliphatic heterocycles. The summed E-state index contributed by atoms with van der Waals surface area (Å²) in [6.07, 6.45) is 1.49. The molecule has 0 radical (unpaired) electrons. The monoisotopic (exact) mass is 363 g/mol. The number of aromatic amines is 1. The smallest absolute Gasteiger partial charge is 0.151 e. The van der Waals surface area contributed by atoms with Crippen LogP contribution in [0.25, 0.3) is 11.0 Å². The minimum Gasteiger partial charge on any atom is -0.370 e. The van der Waals surface area contributed by atoms with Crippen molar-refractivity contribution in [3.63, 3.8) is 0 Å². The third-order valence-corrected chi connectivity index (χ3v) is 5.27. The highest BCUT2D eigenvalue weighted by molar-refractivity contribution is 5.98. The van der Waals surface area contributed by atoms with E-state index in [0.29, 0.717) is 30.0 Å². The van der Waals surface area contributed by atoms with Crippen LogP contribution in [-0.2, 0) is 4.74 Å². The Morgan fingerprint density at radius 3 is 3.07 bits per heavy atom. The van der Waals surface area contributed by atoms with Crippen molar-refractivity contribution in [1.29, 1.82) is 5.26 Å². The fourth-order valence-electron chi connectivity index (χ4n) is 3.95. The second-order valence-corrected chi connectivity index (χ2v) is 6.90. The van der Waals surface area contributed by atoms with E-state index in [1.807, 2.05) is 25.2 Å². The van der Waals surface area contributed by atoms with E-state index in [2.05, 4.69) is 31.5 Å². The molecule has 3 aromatic rings. The van der Waals surface area contributed by atoms with E-state index in [0.717, 1.165) is 23.4 Å². The molecule has 4 heterocycles. The number of aliphatic imine (C=N–C) groups is 1. The number of nitrogens with zero attached hydrogens (tertiary/aromatic N) is 6. The van der Waals surface area contributed by atoms with Crippen LogP contribution in [0.1, 0.15) is 17.0 Å². The first-order valence-corrected chi connectivity index (χ1v) is 8.79. The van der Waals surface area contributed by atoms with Gasteiger partial charge >= 0.3 is 0 Å². The lowest BCUT2D eigenvalue weighted by molar-refractivity contribution is 0.0153. The molecule has 1 aromatic carbocycles. The fourth-order valence-corrected chi connectivity index (χ4v) is 3.95. The Balaban J connectivity index is 1.66. The molecule has 2 aromatic heterocycles. The number of hydrogen-bond acceptors (Lipinski definition) is 8. The van der Waals surface area contributed by atoms with Crippen LogP contribution in [0, 0.1) is 17.2 Å². The first-order chi connectivity index (χ1) is 13.3. The Labute approximate surface area is 154 Å². The molecule has 27 heavy (non-hydrogen) atoms. The predicted molar refractivity (Wildman–Crippen MR) is 95.7 cm³/mol. The SMILES string of the molecule is CN1CCOC(C2=Nc3[nH]ncc3C(c3cccc4nonc34)C2C#N)C1. The van der Waals surface area contributed by atoms with Gasteiger partial charge < -0.3 is 9.64 Å². The van der Waals surface area contributed by atoms with E-state index in [-0.39, 0.29) is 12.0 Å². The second kappa shape index (κ2) is 6.26. The normalized spacial score (nSPS) is 25.8. The summed E-state index contributed by atoms with van der Waals surface area (Å²) in [5.41, 5.74) is 3.77. The highest BCUT2D eigenvalue weighted by Crippen LogP contribution is 2.43. The molecule has 5 rings (SSSR count). The Morgan fingerprint density at radius 1 is 1.30 bits per heavy atom. The second-order valence-electron chi connectivity index (χ2n) is 6.90. The first kappa shape index (κ1) is 16.1. The highest BCUT2D eigenvalue weighted by Gasteiger charge is 2.41. The van der Waals surface area contributed by atoms with Gasteiger partial charge in [-0.15, -0.1) is 0 Å². The third kappa shape index (κ3) is 2.53. The van der Waals surface area contributed by atoms with Crippen LogP contribution in [-0.4, -0.2) is 64.0 Å². The molecule has 3 unspecified atom stereocenters. The van der Waals surface area contributed by atoms with E-state index < -0.39 is 5.92 Å². The van der Waals surface area contributed by atoms with Gasteiger partial charge in [-0.05, 0) is 29.0 Å². The lowest BCUT2D eigenvalue weighted by atomic mass is 9.76. The topological polar surface area (TPSA) is 116 Å². The molecule has 2 aliphatic rings. The minimum absolute atomic E-state index is 0.234. The quantitative estimate of drug-likeness (QED) is 0.735. The van der Waals surface area contributed by atoms with Crippen molar-refractivity contribution in [3.8, 4) is 6.07 Å². The molecule has 3 atom stereocenters. The summed E-state index contributed by atoms with van der Waals surface area (Å²) in [7, 11) is 2.04. The minimum atomic E-state index is -0.492.